The van der Waals surface area contributed by atoms with Crippen LogP contribution in [-0.2, 0) is 4.74 Å². The zero-order valence-corrected chi connectivity index (χ0v) is 12.6. The summed E-state index contributed by atoms with van der Waals surface area (Å²) in [5.41, 5.74) is 1.87. The molecule has 0 atom stereocenters. The monoisotopic (exact) mass is 275 g/mol. The molecule has 0 radical (unpaired) electrons. The quantitative estimate of drug-likeness (QED) is 0.775. The number of hydrogen-bond donors (Lipinski definition) is 2. The number of rotatable bonds is 1. The van der Waals surface area contributed by atoms with Gasteiger partial charge in [-0.15, -0.1) is 0 Å². The maximum Gasteiger partial charge on any atom is 0.408 e. The topological polar surface area (TPSA) is 58.6 Å². The summed E-state index contributed by atoms with van der Waals surface area (Å²) < 4.78 is 5.09. The van der Waals surface area contributed by atoms with Crippen LogP contribution in [0, 0.1) is 25.7 Å². The highest BCUT2D eigenvalue weighted by molar-refractivity contribution is 5.68. The minimum atomic E-state index is -0.511. The van der Waals surface area contributed by atoms with Gasteiger partial charge in [-0.1, -0.05) is 11.8 Å². The number of carbonyl (C=O) groups is 1. The molecule has 0 spiro atoms. The first-order chi connectivity index (χ1) is 9.19. The number of nitrogens with one attached hydrogen (secondary N) is 1. The predicted molar refractivity (Wildman–Crippen MR) is 78.7 cm³/mol. The van der Waals surface area contributed by atoms with Gasteiger partial charge in [0, 0.05) is 5.56 Å². The Morgan fingerprint density at radius 3 is 2.35 bits per heavy atom. The van der Waals surface area contributed by atoms with E-state index in [9.17, 15) is 9.90 Å². The van der Waals surface area contributed by atoms with E-state index in [-0.39, 0.29) is 6.54 Å². The molecule has 1 aromatic rings. The highest BCUT2D eigenvalue weighted by Gasteiger charge is 2.14. The fourth-order valence-corrected chi connectivity index (χ4v) is 1.60. The second-order valence-electron chi connectivity index (χ2n) is 5.62. The Bertz CT molecular complexity index is 536. The maximum absolute atomic E-state index is 11.4. The molecule has 0 aliphatic heterocycles. The van der Waals surface area contributed by atoms with E-state index in [2.05, 4.69) is 17.2 Å². The summed E-state index contributed by atoms with van der Waals surface area (Å²) in [7, 11) is 0. The van der Waals surface area contributed by atoms with Gasteiger partial charge in [0.05, 0.1) is 6.54 Å². The zero-order chi connectivity index (χ0) is 15.3. The molecule has 0 aliphatic carbocycles. The normalized spacial score (nSPS) is 10.4. The SMILES string of the molecule is Cc1cc(C#CCNC(=O)OC(C)(C)C)cc(C)c1O. The van der Waals surface area contributed by atoms with Gasteiger partial charge in [0.25, 0.3) is 0 Å². The van der Waals surface area contributed by atoms with Crippen molar-refractivity contribution in [3.05, 3.63) is 28.8 Å². The minimum Gasteiger partial charge on any atom is -0.507 e. The third kappa shape index (κ3) is 5.23. The summed E-state index contributed by atoms with van der Waals surface area (Å²) >= 11 is 0. The number of phenolic OH excluding ortho intramolecular Hbond substituents is 1. The summed E-state index contributed by atoms with van der Waals surface area (Å²) in [6.07, 6.45) is -0.482. The Labute approximate surface area is 120 Å². The van der Waals surface area contributed by atoms with Gasteiger partial charge < -0.3 is 15.2 Å². The summed E-state index contributed by atoms with van der Waals surface area (Å²) in [5, 5.41) is 12.2. The van der Waals surface area contributed by atoms with Crippen molar-refractivity contribution in [1.82, 2.24) is 5.32 Å². The smallest absolute Gasteiger partial charge is 0.408 e. The second-order valence-corrected chi connectivity index (χ2v) is 5.62. The molecule has 0 aliphatic rings. The van der Waals surface area contributed by atoms with E-state index in [1.54, 1.807) is 20.8 Å². The fraction of sp³-hybridized carbons (Fsp3) is 0.438. The van der Waals surface area contributed by atoms with Crippen LogP contribution in [0.15, 0.2) is 12.1 Å². The molecule has 2 N–H and O–H groups in total. The van der Waals surface area contributed by atoms with Crippen LogP contribution in [0.25, 0.3) is 0 Å². The molecular formula is C16H21NO3. The first kappa shape index (κ1) is 15.9. The lowest BCUT2D eigenvalue weighted by Crippen LogP contribution is -2.32. The number of ether oxygens (including phenoxy) is 1. The maximum atomic E-state index is 11.4. The van der Waals surface area contributed by atoms with Gasteiger partial charge in [0.2, 0.25) is 0 Å². The largest absolute Gasteiger partial charge is 0.507 e. The molecule has 0 fully saturated rings. The number of aromatic hydroxyl groups is 1. The van der Waals surface area contributed by atoms with Crippen molar-refractivity contribution in [2.45, 2.75) is 40.2 Å². The van der Waals surface area contributed by atoms with Crippen LogP contribution < -0.4 is 5.32 Å². The first-order valence-electron chi connectivity index (χ1n) is 6.45. The van der Waals surface area contributed by atoms with E-state index >= 15 is 0 Å². The van der Waals surface area contributed by atoms with Crippen LogP contribution in [0.2, 0.25) is 0 Å². The van der Waals surface area contributed by atoms with Crippen molar-refractivity contribution in [2.75, 3.05) is 6.54 Å². The Kier molecular flexibility index (Phi) is 5.04. The molecule has 1 rings (SSSR count). The number of benzene rings is 1. The van der Waals surface area contributed by atoms with E-state index in [1.807, 2.05) is 26.0 Å². The summed E-state index contributed by atoms with van der Waals surface area (Å²) in [6.45, 7) is 9.29. The van der Waals surface area contributed by atoms with E-state index in [1.165, 1.54) is 0 Å². The molecule has 20 heavy (non-hydrogen) atoms. The molecule has 0 aromatic heterocycles. The molecule has 0 bridgehead atoms. The van der Waals surface area contributed by atoms with E-state index < -0.39 is 11.7 Å². The van der Waals surface area contributed by atoms with Crippen LogP contribution >= 0.6 is 0 Å². The van der Waals surface area contributed by atoms with Crippen LogP contribution in [-0.4, -0.2) is 23.3 Å². The molecular weight excluding hydrogens is 254 g/mol. The third-order valence-corrected chi connectivity index (χ3v) is 2.44. The molecule has 108 valence electrons. The van der Waals surface area contributed by atoms with Crippen LogP contribution in [0.5, 0.6) is 5.75 Å². The summed E-state index contributed by atoms with van der Waals surface area (Å²) in [6, 6.07) is 3.62. The number of alkyl carbamates (subject to hydrolysis) is 1. The molecule has 1 aromatic carbocycles. The van der Waals surface area contributed by atoms with Crippen LogP contribution in [0.3, 0.4) is 0 Å². The van der Waals surface area contributed by atoms with Crippen molar-refractivity contribution in [2.24, 2.45) is 0 Å². The standard InChI is InChI=1S/C16H21NO3/c1-11-9-13(10-12(2)14(11)18)7-6-8-17-15(19)20-16(3,4)5/h9-10,18H,8H2,1-5H3,(H,17,19). The lowest BCUT2D eigenvalue weighted by molar-refractivity contribution is 0.0535. The van der Waals surface area contributed by atoms with Gasteiger partial charge in [-0.05, 0) is 57.9 Å². The molecule has 0 heterocycles. The summed E-state index contributed by atoms with van der Waals surface area (Å²) in [5.74, 6) is 6.08. The molecule has 0 unspecified atom stereocenters. The average molecular weight is 275 g/mol. The number of hydrogen-bond acceptors (Lipinski definition) is 3. The Morgan fingerprint density at radius 2 is 1.85 bits per heavy atom. The third-order valence-electron chi connectivity index (χ3n) is 2.44. The number of carbonyl (C=O) groups excluding carboxylic acids is 1. The molecule has 0 saturated carbocycles. The van der Waals surface area contributed by atoms with Gasteiger partial charge in [-0.25, -0.2) is 4.79 Å². The first-order valence-corrected chi connectivity index (χ1v) is 6.45. The van der Waals surface area contributed by atoms with Crippen LogP contribution in [0.4, 0.5) is 4.79 Å². The second kappa shape index (κ2) is 6.33. The van der Waals surface area contributed by atoms with Gasteiger partial charge in [0.15, 0.2) is 0 Å². The van der Waals surface area contributed by atoms with Gasteiger partial charge in [0.1, 0.15) is 11.4 Å². The highest BCUT2D eigenvalue weighted by atomic mass is 16.6. The molecule has 1 amide bonds. The van der Waals surface area contributed by atoms with E-state index in [4.69, 9.17) is 4.74 Å². The lowest BCUT2D eigenvalue weighted by Gasteiger charge is -2.19. The van der Waals surface area contributed by atoms with Gasteiger partial charge >= 0.3 is 6.09 Å². The number of aryl methyl sites for hydroxylation is 2. The highest BCUT2D eigenvalue weighted by Crippen LogP contribution is 2.22. The van der Waals surface area contributed by atoms with E-state index in [0.717, 1.165) is 16.7 Å². The van der Waals surface area contributed by atoms with Crippen LogP contribution in [0.1, 0.15) is 37.5 Å². The zero-order valence-electron chi connectivity index (χ0n) is 12.6. The van der Waals surface area contributed by atoms with Crippen molar-refractivity contribution in [3.63, 3.8) is 0 Å². The molecule has 4 heteroatoms. The minimum absolute atomic E-state index is 0.216. The predicted octanol–water partition coefficient (Wildman–Crippen LogP) is 2.89. The Morgan fingerprint density at radius 1 is 1.30 bits per heavy atom. The van der Waals surface area contributed by atoms with Gasteiger partial charge in [-0.3, -0.25) is 0 Å². The van der Waals surface area contributed by atoms with Crippen molar-refractivity contribution in [1.29, 1.82) is 0 Å². The van der Waals surface area contributed by atoms with Crippen molar-refractivity contribution < 1.29 is 14.6 Å². The Balaban J connectivity index is 2.58. The molecule has 0 saturated heterocycles. The number of amides is 1. The lowest BCUT2D eigenvalue weighted by atomic mass is 10.1. The van der Waals surface area contributed by atoms with Gasteiger partial charge in [-0.2, -0.15) is 0 Å². The van der Waals surface area contributed by atoms with Crippen molar-refractivity contribution in [3.8, 4) is 17.6 Å². The van der Waals surface area contributed by atoms with Crippen molar-refractivity contribution >= 4 is 6.09 Å². The summed E-state index contributed by atoms with van der Waals surface area (Å²) in [4.78, 5) is 11.4. The fourth-order valence-electron chi connectivity index (χ4n) is 1.60. The van der Waals surface area contributed by atoms with E-state index in [0.29, 0.717) is 5.75 Å². The molecule has 4 nitrogen and oxygen atoms in total. The number of phenols is 1. The average Bonchev–Trinajstić information content (AvgIpc) is 2.29. The Hall–Kier alpha value is -2.15.